The van der Waals surface area contributed by atoms with Crippen molar-refractivity contribution in [3.05, 3.63) is 53.6 Å². The molecule has 0 heterocycles. The Bertz CT molecular complexity index is 853. The number of aromatic carboxylic acids is 2. The fraction of sp³-hybridized carbons (Fsp3) is 0. The highest BCUT2D eigenvalue weighted by Gasteiger charge is 2.21. The van der Waals surface area contributed by atoms with Crippen LogP contribution >= 0.6 is 0 Å². The Labute approximate surface area is 130 Å². The van der Waals surface area contributed by atoms with Gasteiger partial charge in [-0.1, -0.05) is 12.1 Å². The van der Waals surface area contributed by atoms with Crippen molar-refractivity contribution in [1.82, 2.24) is 0 Å². The standard InChI is InChI=1S/C14H10O8S/c15-13(16)10-5-2-6-11(14(17)18)12(10)22-8-3-1-4-9(7-8)23(19,20)21/h1-7H,(H,15,16)(H,17,18)(H,19,20,21). The van der Waals surface area contributed by atoms with Gasteiger partial charge in [-0.2, -0.15) is 8.42 Å². The molecule has 2 aromatic carbocycles. The molecule has 2 rings (SSSR count). The lowest BCUT2D eigenvalue weighted by molar-refractivity contribution is 0.0692. The molecule has 0 aliphatic carbocycles. The number of para-hydroxylation sites is 1. The van der Waals surface area contributed by atoms with Crippen LogP contribution in [0.15, 0.2) is 47.4 Å². The Morgan fingerprint density at radius 3 is 1.91 bits per heavy atom. The molecule has 120 valence electrons. The number of carboxylic acid groups (broad SMARTS) is 2. The zero-order valence-electron chi connectivity index (χ0n) is 11.3. The number of benzene rings is 2. The van der Waals surface area contributed by atoms with Crippen LogP contribution < -0.4 is 4.74 Å². The van der Waals surface area contributed by atoms with Gasteiger partial charge in [0.2, 0.25) is 0 Å². The minimum absolute atomic E-state index is 0.142. The maximum atomic E-state index is 11.2. The third kappa shape index (κ3) is 3.65. The lowest BCUT2D eigenvalue weighted by Gasteiger charge is -2.12. The molecule has 23 heavy (non-hydrogen) atoms. The summed E-state index contributed by atoms with van der Waals surface area (Å²) < 4.78 is 36.5. The molecule has 0 saturated heterocycles. The molecule has 9 heteroatoms. The summed E-state index contributed by atoms with van der Waals surface area (Å²) in [4.78, 5) is 21.9. The first-order chi connectivity index (χ1) is 10.7. The second-order valence-electron chi connectivity index (χ2n) is 4.34. The summed E-state index contributed by atoms with van der Waals surface area (Å²) in [5, 5.41) is 18.2. The molecule has 0 amide bonds. The number of ether oxygens (including phenoxy) is 1. The first kappa shape index (κ1) is 16.5. The van der Waals surface area contributed by atoms with E-state index in [-0.39, 0.29) is 5.75 Å². The van der Waals surface area contributed by atoms with Crippen molar-refractivity contribution in [2.75, 3.05) is 0 Å². The lowest BCUT2D eigenvalue weighted by Crippen LogP contribution is -2.07. The van der Waals surface area contributed by atoms with Crippen LogP contribution in [0.1, 0.15) is 20.7 Å². The SMILES string of the molecule is O=C(O)c1cccc(C(=O)O)c1Oc1cccc(S(=O)(=O)O)c1. The molecule has 8 nitrogen and oxygen atoms in total. The maximum Gasteiger partial charge on any atom is 0.339 e. The highest BCUT2D eigenvalue weighted by molar-refractivity contribution is 7.85. The van der Waals surface area contributed by atoms with Gasteiger partial charge in [-0.15, -0.1) is 0 Å². The minimum atomic E-state index is -4.48. The first-order valence-corrected chi connectivity index (χ1v) is 7.49. The Hall–Kier alpha value is -2.91. The van der Waals surface area contributed by atoms with Gasteiger partial charge in [0.05, 0.1) is 4.90 Å². The van der Waals surface area contributed by atoms with Crippen LogP contribution in [0.3, 0.4) is 0 Å². The molecule has 0 fully saturated rings. The van der Waals surface area contributed by atoms with E-state index in [1.54, 1.807) is 0 Å². The van der Waals surface area contributed by atoms with Gasteiger partial charge in [-0.3, -0.25) is 4.55 Å². The number of carbonyl (C=O) groups is 2. The Balaban J connectivity index is 2.56. The molecular formula is C14H10O8S. The van der Waals surface area contributed by atoms with Crippen molar-refractivity contribution < 1.29 is 37.5 Å². The van der Waals surface area contributed by atoms with Crippen molar-refractivity contribution in [3.8, 4) is 11.5 Å². The van der Waals surface area contributed by atoms with E-state index in [1.165, 1.54) is 18.2 Å². The second-order valence-corrected chi connectivity index (χ2v) is 5.77. The van der Waals surface area contributed by atoms with E-state index in [2.05, 4.69) is 0 Å². The molecule has 0 aromatic heterocycles. The van der Waals surface area contributed by atoms with Crippen LogP contribution in [0, 0.1) is 0 Å². The lowest BCUT2D eigenvalue weighted by atomic mass is 10.1. The number of rotatable bonds is 5. The van der Waals surface area contributed by atoms with Crippen LogP contribution in [0.2, 0.25) is 0 Å². The number of hydrogen-bond donors (Lipinski definition) is 3. The molecule has 0 unspecified atom stereocenters. The molecule has 0 spiro atoms. The Kier molecular flexibility index (Phi) is 4.34. The Morgan fingerprint density at radius 2 is 1.43 bits per heavy atom. The van der Waals surface area contributed by atoms with Crippen LogP contribution in [0.5, 0.6) is 11.5 Å². The van der Waals surface area contributed by atoms with Gasteiger partial charge in [0.25, 0.3) is 10.1 Å². The van der Waals surface area contributed by atoms with Gasteiger partial charge in [0.15, 0.2) is 5.75 Å². The Morgan fingerprint density at radius 1 is 0.913 bits per heavy atom. The van der Waals surface area contributed by atoms with Gasteiger partial charge in [0, 0.05) is 6.07 Å². The summed E-state index contributed by atoms with van der Waals surface area (Å²) in [6.45, 7) is 0. The molecule has 2 aromatic rings. The molecular weight excluding hydrogens is 328 g/mol. The molecule has 3 N–H and O–H groups in total. The summed E-state index contributed by atoms with van der Waals surface area (Å²) in [6.07, 6.45) is 0. The van der Waals surface area contributed by atoms with E-state index in [0.717, 1.165) is 24.3 Å². The molecule has 0 radical (unpaired) electrons. The number of hydrogen-bond acceptors (Lipinski definition) is 5. The van der Waals surface area contributed by atoms with E-state index < -0.39 is 43.8 Å². The third-order valence-electron chi connectivity index (χ3n) is 2.80. The number of carboxylic acids is 2. The molecule has 0 saturated carbocycles. The van der Waals surface area contributed by atoms with Gasteiger partial charge in [-0.25, -0.2) is 9.59 Å². The fourth-order valence-corrected chi connectivity index (χ4v) is 2.32. The van der Waals surface area contributed by atoms with Crippen molar-refractivity contribution in [1.29, 1.82) is 0 Å². The maximum absolute atomic E-state index is 11.2. The van der Waals surface area contributed by atoms with Gasteiger partial charge >= 0.3 is 11.9 Å². The van der Waals surface area contributed by atoms with Gasteiger partial charge < -0.3 is 14.9 Å². The zero-order chi connectivity index (χ0) is 17.2. The molecule has 0 aliphatic heterocycles. The smallest absolute Gasteiger partial charge is 0.339 e. The summed E-state index contributed by atoms with van der Waals surface area (Å²) in [5.74, 6) is -3.40. The van der Waals surface area contributed by atoms with Crippen molar-refractivity contribution in [2.45, 2.75) is 4.90 Å². The van der Waals surface area contributed by atoms with Crippen molar-refractivity contribution >= 4 is 22.1 Å². The minimum Gasteiger partial charge on any atom is -0.478 e. The van der Waals surface area contributed by atoms with Crippen molar-refractivity contribution in [3.63, 3.8) is 0 Å². The van der Waals surface area contributed by atoms with Gasteiger partial charge in [0.1, 0.15) is 16.9 Å². The van der Waals surface area contributed by atoms with Crippen LogP contribution in [-0.2, 0) is 10.1 Å². The summed E-state index contributed by atoms with van der Waals surface area (Å²) in [6, 6.07) is 8.13. The van der Waals surface area contributed by atoms with Crippen molar-refractivity contribution in [2.24, 2.45) is 0 Å². The van der Waals surface area contributed by atoms with E-state index in [1.807, 2.05) is 0 Å². The molecule has 0 atom stereocenters. The third-order valence-corrected chi connectivity index (χ3v) is 3.65. The van der Waals surface area contributed by atoms with Gasteiger partial charge in [-0.05, 0) is 24.3 Å². The molecule has 0 aliphatic rings. The largest absolute Gasteiger partial charge is 0.478 e. The highest BCUT2D eigenvalue weighted by Crippen LogP contribution is 2.30. The van der Waals surface area contributed by atoms with Crippen LogP contribution in [-0.4, -0.2) is 35.1 Å². The zero-order valence-corrected chi connectivity index (χ0v) is 12.1. The topological polar surface area (TPSA) is 138 Å². The predicted octanol–water partition coefficient (Wildman–Crippen LogP) is 2.12. The second kappa shape index (κ2) is 6.07. The quantitative estimate of drug-likeness (QED) is 0.705. The monoisotopic (exact) mass is 338 g/mol. The van der Waals surface area contributed by atoms with E-state index in [4.69, 9.17) is 19.5 Å². The van der Waals surface area contributed by atoms with Crippen LogP contribution in [0.25, 0.3) is 0 Å². The van der Waals surface area contributed by atoms with E-state index in [9.17, 15) is 18.0 Å². The highest BCUT2D eigenvalue weighted by atomic mass is 32.2. The van der Waals surface area contributed by atoms with Crippen LogP contribution in [0.4, 0.5) is 0 Å². The van der Waals surface area contributed by atoms with E-state index in [0.29, 0.717) is 0 Å². The summed E-state index contributed by atoms with van der Waals surface area (Å²) >= 11 is 0. The first-order valence-electron chi connectivity index (χ1n) is 6.05. The van der Waals surface area contributed by atoms with E-state index >= 15 is 0 Å². The average Bonchev–Trinajstić information content (AvgIpc) is 2.46. The average molecular weight is 338 g/mol. The molecule has 0 bridgehead atoms. The summed E-state index contributed by atoms with van der Waals surface area (Å²) in [7, 11) is -4.48. The predicted molar refractivity (Wildman–Crippen MR) is 76.7 cm³/mol. The fourth-order valence-electron chi connectivity index (χ4n) is 1.80. The normalized spacial score (nSPS) is 11.0. The summed E-state index contributed by atoms with van der Waals surface area (Å²) in [5.41, 5.74) is -0.802.